The topological polar surface area (TPSA) is 52.9 Å². The SMILES string of the molecule is CN(CC(O)COC(C)(C)C)CC1CCCC1O. The number of ether oxygens (including phenoxy) is 1. The molecule has 1 saturated carbocycles. The lowest BCUT2D eigenvalue weighted by Gasteiger charge is -2.27. The molecule has 0 heterocycles. The molecule has 0 amide bonds. The second-order valence-electron chi connectivity index (χ2n) is 6.56. The summed E-state index contributed by atoms with van der Waals surface area (Å²) in [6, 6.07) is 0. The molecule has 0 saturated heterocycles. The Balaban J connectivity index is 2.20. The van der Waals surface area contributed by atoms with Crippen LogP contribution in [0.1, 0.15) is 40.0 Å². The highest BCUT2D eigenvalue weighted by Crippen LogP contribution is 2.25. The predicted octanol–water partition coefficient (Wildman–Crippen LogP) is 1.26. The summed E-state index contributed by atoms with van der Waals surface area (Å²) < 4.78 is 5.56. The Morgan fingerprint density at radius 2 is 2.00 bits per heavy atom. The van der Waals surface area contributed by atoms with Crippen molar-refractivity contribution in [3.63, 3.8) is 0 Å². The minimum atomic E-state index is -0.465. The van der Waals surface area contributed by atoms with Crippen LogP contribution in [0.2, 0.25) is 0 Å². The fourth-order valence-electron chi connectivity index (χ4n) is 2.46. The smallest absolute Gasteiger partial charge is 0.0900 e. The molecule has 0 aromatic rings. The minimum absolute atomic E-state index is 0.157. The molecule has 4 heteroatoms. The van der Waals surface area contributed by atoms with Gasteiger partial charge in [-0.3, -0.25) is 0 Å². The first-order valence-electron chi connectivity index (χ1n) is 6.96. The molecule has 1 aliphatic carbocycles. The third-order valence-corrected chi connectivity index (χ3v) is 3.40. The van der Waals surface area contributed by atoms with Gasteiger partial charge < -0.3 is 19.8 Å². The molecular weight excluding hydrogens is 230 g/mol. The average molecular weight is 259 g/mol. The molecule has 4 nitrogen and oxygen atoms in total. The number of hydrogen-bond acceptors (Lipinski definition) is 4. The van der Waals surface area contributed by atoms with E-state index in [-0.39, 0.29) is 11.7 Å². The summed E-state index contributed by atoms with van der Waals surface area (Å²) >= 11 is 0. The van der Waals surface area contributed by atoms with Crippen LogP contribution in [0.5, 0.6) is 0 Å². The zero-order chi connectivity index (χ0) is 13.8. The van der Waals surface area contributed by atoms with E-state index in [1.165, 1.54) is 0 Å². The Morgan fingerprint density at radius 3 is 2.50 bits per heavy atom. The van der Waals surface area contributed by atoms with Gasteiger partial charge in [-0.2, -0.15) is 0 Å². The first-order chi connectivity index (χ1) is 8.28. The van der Waals surface area contributed by atoms with Crippen LogP contribution in [-0.2, 0) is 4.74 Å². The molecule has 18 heavy (non-hydrogen) atoms. The maximum atomic E-state index is 9.89. The Kier molecular flexibility index (Phi) is 6.05. The van der Waals surface area contributed by atoms with Crippen LogP contribution in [-0.4, -0.2) is 59.7 Å². The fraction of sp³-hybridized carbons (Fsp3) is 1.00. The van der Waals surface area contributed by atoms with Crippen molar-refractivity contribution in [2.45, 2.75) is 57.8 Å². The van der Waals surface area contributed by atoms with Gasteiger partial charge in [0, 0.05) is 13.1 Å². The number of hydrogen-bond donors (Lipinski definition) is 2. The summed E-state index contributed by atoms with van der Waals surface area (Å²) in [6.07, 6.45) is 2.52. The Labute approximate surface area is 111 Å². The molecular formula is C14H29NO3. The maximum Gasteiger partial charge on any atom is 0.0900 e. The van der Waals surface area contributed by atoms with E-state index in [4.69, 9.17) is 4.74 Å². The van der Waals surface area contributed by atoms with E-state index in [2.05, 4.69) is 4.90 Å². The van der Waals surface area contributed by atoms with Crippen LogP contribution in [0.3, 0.4) is 0 Å². The quantitative estimate of drug-likeness (QED) is 0.754. The highest BCUT2D eigenvalue weighted by atomic mass is 16.5. The van der Waals surface area contributed by atoms with Gasteiger partial charge in [0.1, 0.15) is 0 Å². The second kappa shape index (κ2) is 6.85. The van der Waals surface area contributed by atoms with Crippen molar-refractivity contribution in [2.24, 2.45) is 5.92 Å². The molecule has 0 aromatic carbocycles. The van der Waals surface area contributed by atoms with Crippen molar-refractivity contribution in [1.29, 1.82) is 0 Å². The second-order valence-corrected chi connectivity index (χ2v) is 6.56. The van der Waals surface area contributed by atoms with Crippen LogP contribution < -0.4 is 0 Å². The summed E-state index contributed by atoms with van der Waals surface area (Å²) in [4.78, 5) is 2.09. The van der Waals surface area contributed by atoms with Crippen molar-refractivity contribution in [3.8, 4) is 0 Å². The highest BCUT2D eigenvalue weighted by Gasteiger charge is 2.26. The molecule has 1 rings (SSSR count). The molecule has 1 aliphatic rings. The van der Waals surface area contributed by atoms with E-state index in [0.29, 0.717) is 19.1 Å². The van der Waals surface area contributed by atoms with Crippen LogP contribution in [0.15, 0.2) is 0 Å². The molecule has 3 unspecified atom stereocenters. The number of aliphatic hydroxyl groups is 2. The first kappa shape index (κ1) is 15.9. The van der Waals surface area contributed by atoms with E-state index < -0.39 is 6.10 Å². The third kappa shape index (κ3) is 6.14. The molecule has 0 aromatic heterocycles. The molecule has 2 N–H and O–H groups in total. The van der Waals surface area contributed by atoms with E-state index >= 15 is 0 Å². The summed E-state index contributed by atoms with van der Waals surface area (Å²) in [5.74, 6) is 0.366. The largest absolute Gasteiger partial charge is 0.393 e. The summed E-state index contributed by atoms with van der Waals surface area (Å²) in [5, 5.41) is 19.7. The van der Waals surface area contributed by atoms with E-state index in [1.807, 2.05) is 27.8 Å². The lowest BCUT2D eigenvalue weighted by Crippen LogP contribution is -2.38. The van der Waals surface area contributed by atoms with E-state index in [1.54, 1.807) is 0 Å². The zero-order valence-corrected chi connectivity index (χ0v) is 12.2. The van der Waals surface area contributed by atoms with Gasteiger partial charge in [0.15, 0.2) is 0 Å². The Morgan fingerprint density at radius 1 is 1.33 bits per heavy atom. The molecule has 3 atom stereocenters. The highest BCUT2D eigenvalue weighted by molar-refractivity contribution is 4.79. The van der Waals surface area contributed by atoms with Crippen LogP contribution >= 0.6 is 0 Å². The minimum Gasteiger partial charge on any atom is -0.393 e. The molecule has 108 valence electrons. The van der Waals surface area contributed by atoms with Gasteiger partial charge in [-0.25, -0.2) is 0 Å². The molecule has 0 radical (unpaired) electrons. The Hall–Kier alpha value is -0.160. The summed E-state index contributed by atoms with van der Waals surface area (Å²) in [5.41, 5.74) is -0.207. The predicted molar refractivity (Wildman–Crippen MR) is 72.6 cm³/mol. The standard InChI is InChI=1S/C14H29NO3/c1-14(2,3)18-10-12(16)9-15(4)8-11-6-5-7-13(11)17/h11-13,16-17H,5-10H2,1-4H3. The third-order valence-electron chi connectivity index (χ3n) is 3.40. The van der Waals surface area contributed by atoms with Gasteiger partial charge >= 0.3 is 0 Å². The lowest BCUT2D eigenvalue weighted by atomic mass is 10.1. The van der Waals surface area contributed by atoms with Crippen molar-refractivity contribution in [3.05, 3.63) is 0 Å². The monoisotopic (exact) mass is 259 g/mol. The normalized spacial score (nSPS) is 26.8. The number of likely N-dealkylation sites (N-methyl/N-ethyl adjacent to an activating group) is 1. The van der Waals surface area contributed by atoms with Crippen LogP contribution in [0, 0.1) is 5.92 Å². The van der Waals surface area contributed by atoms with Gasteiger partial charge in [-0.05, 0) is 46.6 Å². The first-order valence-corrected chi connectivity index (χ1v) is 6.96. The maximum absolute atomic E-state index is 9.89. The number of aliphatic hydroxyl groups excluding tert-OH is 2. The van der Waals surface area contributed by atoms with Crippen molar-refractivity contribution >= 4 is 0 Å². The fourth-order valence-corrected chi connectivity index (χ4v) is 2.46. The molecule has 1 fully saturated rings. The number of rotatable bonds is 6. The van der Waals surface area contributed by atoms with Gasteiger partial charge in [0.05, 0.1) is 24.4 Å². The van der Waals surface area contributed by atoms with E-state index in [9.17, 15) is 10.2 Å². The van der Waals surface area contributed by atoms with Crippen LogP contribution in [0.25, 0.3) is 0 Å². The van der Waals surface area contributed by atoms with Crippen molar-refractivity contribution in [2.75, 3.05) is 26.7 Å². The Bertz CT molecular complexity index is 240. The van der Waals surface area contributed by atoms with Crippen LogP contribution in [0.4, 0.5) is 0 Å². The number of nitrogens with zero attached hydrogens (tertiary/aromatic N) is 1. The molecule has 0 spiro atoms. The van der Waals surface area contributed by atoms with Gasteiger partial charge in [-0.1, -0.05) is 6.42 Å². The van der Waals surface area contributed by atoms with Crippen molar-refractivity contribution < 1.29 is 14.9 Å². The summed E-state index contributed by atoms with van der Waals surface area (Å²) in [7, 11) is 1.99. The average Bonchev–Trinajstić information content (AvgIpc) is 2.60. The van der Waals surface area contributed by atoms with Gasteiger partial charge in [0.25, 0.3) is 0 Å². The lowest BCUT2D eigenvalue weighted by molar-refractivity contribution is -0.0559. The van der Waals surface area contributed by atoms with Gasteiger partial charge in [-0.15, -0.1) is 0 Å². The van der Waals surface area contributed by atoms with Gasteiger partial charge in [0.2, 0.25) is 0 Å². The molecule has 0 bridgehead atoms. The van der Waals surface area contributed by atoms with Crippen molar-refractivity contribution in [1.82, 2.24) is 4.90 Å². The molecule has 0 aliphatic heterocycles. The summed E-state index contributed by atoms with van der Waals surface area (Å²) in [6.45, 7) is 7.77. The zero-order valence-electron chi connectivity index (χ0n) is 12.2. The van der Waals surface area contributed by atoms with E-state index in [0.717, 1.165) is 25.8 Å².